The lowest BCUT2D eigenvalue weighted by Gasteiger charge is -2.41. The smallest absolute Gasteiger partial charge is 0.247 e. The summed E-state index contributed by atoms with van der Waals surface area (Å²) >= 11 is 0. The molecule has 5 rings (SSSR count). The molecule has 0 aromatic heterocycles. The Bertz CT molecular complexity index is 1480. The zero-order valence-electron chi connectivity index (χ0n) is 23.1. The number of hydrogen-bond acceptors (Lipinski definition) is 7. The van der Waals surface area contributed by atoms with E-state index >= 15 is 0 Å². The molecule has 1 aliphatic carbocycles. The number of carbonyl (C=O) groups is 2. The van der Waals surface area contributed by atoms with Crippen molar-refractivity contribution in [2.24, 2.45) is 0 Å². The molecule has 1 aliphatic heterocycles. The second-order valence-electron chi connectivity index (χ2n) is 10.3. The van der Waals surface area contributed by atoms with Gasteiger partial charge in [-0.25, -0.2) is 4.39 Å². The van der Waals surface area contributed by atoms with Crippen LogP contribution in [0, 0.1) is 5.82 Å². The first-order chi connectivity index (χ1) is 20.4. The van der Waals surface area contributed by atoms with Crippen molar-refractivity contribution in [3.05, 3.63) is 106 Å². The van der Waals surface area contributed by atoms with Gasteiger partial charge in [0, 0.05) is 29.8 Å². The number of nitrogens with zero attached hydrogens (tertiary/aromatic N) is 1. The van der Waals surface area contributed by atoms with Crippen LogP contribution in [0.1, 0.15) is 28.2 Å². The van der Waals surface area contributed by atoms with Crippen molar-refractivity contribution in [3.8, 4) is 11.5 Å². The summed E-state index contributed by atoms with van der Waals surface area (Å²) < 4.78 is 26.6. The van der Waals surface area contributed by atoms with E-state index in [0.29, 0.717) is 22.6 Å². The van der Waals surface area contributed by atoms with Crippen LogP contribution in [0.3, 0.4) is 0 Å². The fourth-order valence-corrected chi connectivity index (χ4v) is 5.66. The zero-order valence-corrected chi connectivity index (χ0v) is 23.1. The molecule has 1 heterocycles. The van der Waals surface area contributed by atoms with Crippen molar-refractivity contribution in [3.63, 3.8) is 0 Å². The van der Waals surface area contributed by atoms with Crippen molar-refractivity contribution in [2.45, 2.75) is 43.7 Å². The first-order valence-electron chi connectivity index (χ1n) is 13.7. The fourth-order valence-electron chi connectivity index (χ4n) is 5.66. The number of carbonyl (C=O) groups excluding carboxylic acids is 2. The highest BCUT2D eigenvalue weighted by Crippen LogP contribution is 2.51. The van der Waals surface area contributed by atoms with E-state index in [4.69, 9.17) is 9.47 Å². The van der Waals surface area contributed by atoms with Crippen LogP contribution in [-0.2, 0) is 29.2 Å². The first kappa shape index (κ1) is 29.2. The van der Waals surface area contributed by atoms with Crippen molar-refractivity contribution >= 4 is 11.8 Å². The second kappa shape index (κ2) is 12.7. The van der Waals surface area contributed by atoms with E-state index in [1.54, 1.807) is 42.5 Å². The van der Waals surface area contributed by atoms with Gasteiger partial charge in [0.05, 0.1) is 38.7 Å². The highest BCUT2D eigenvalue weighted by atomic mass is 19.1. The summed E-state index contributed by atoms with van der Waals surface area (Å²) in [5, 5.41) is 33.7. The van der Waals surface area contributed by atoms with E-state index in [0.717, 1.165) is 5.56 Å². The summed E-state index contributed by atoms with van der Waals surface area (Å²) in [7, 11) is 1.45. The molecule has 0 radical (unpaired) electrons. The van der Waals surface area contributed by atoms with Crippen LogP contribution >= 0.6 is 0 Å². The number of amides is 2. The summed E-state index contributed by atoms with van der Waals surface area (Å²) in [4.78, 5) is 28.7. The summed E-state index contributed by atoms with van der Waals surface area (Å²) in [5.74, 6) is -1.51. The molecule has 2 amide bonds. The van der Waals surface area contributed by atoms with Crippen LogP contribution in [0.5, 0.6) is 11.5 Å². The molecular weight excluding hydrogens is 543 g/mol. The van der Waals surface area contributed by atoms with E-state index in [1.807, 2.05) is 18.2 Å². The Morgan fingerprint density at radius 3 is 2.48 bits per heavy atom. The number of halogens is 1. The Morgan fingerprint density at radius 2 is 1.79 bits per heavy atom. The maximum absolute atomic E-state index is 14.8. The fraction of sp³-hybridized carbons (Fsp3) is 0.312. The first-order valence-corrected chi connectivity index (χ1v) is 13.7. The molecule has 4 unspecified atom stereocenters. The van der Waals surface area contributed by atoms with Gasteiger partial charge in [0.15, 0.2) is 11.5 Å². The number of aliphatic hydroxyl groups is 3. The van der Waals surface area contributed by atoms with Gasteiger partial charge in [-0.15, -0.1) is 0 Å². The Labute approximate surface area is 242 Å². The van der Waals surface area contributed by atoms with E-state index < -0.39 is 35.9 Å². The van der Waals surface area contributed by atoms with Crippen molar-refractivity contribution in [1.82, 2.24) is 10.2 Å². The van der Waals surface area contributed by atoms with Crippen LogP contribution in [0.15, 0.2) is 78.4 Å². The second-order valence-corrected chi connectivity index (χ2v) is 10.3. The van der Waals surface area contributed by atoms with Crippen molar-refractivity contribution < 1.29 is 38.8 Å². The zero-order chi connectivity index (χ0) is 29.8. The Morgan fingerprint density at radius 1 is 1.05 bits per heavy atom. The number of methoxy groups -OCH3 is 1. The number of hydrogen-bond donors (Lipinski definition) is 4. The summed E-state index contributed by atoms with van der Waals surface area (Å²) in [6.45, 7) is -0.749. The minimum atomic E-state index is -1.31. The Hall–Kier alpha value is -4.25. The lowest BCUT2D eigenvalue weighted by atomic mass is 9.77. The van der Waals surface area contributed by atoms with Crippen molar-refractivity contribution in [1.29, 1.82) is 0 Å². The lowest BCUT2D eigenvalue weighted by Crippen LogP contribution is -2.55. The molecule has 3 aromatic carbocycles. The third-order valence-corrected chi connectivity index (χ3v) is 7.67. The third-order valence-electron chi connectivity index (χ3n) is 7.67. The minimum Gasteiger partial charge on any atom is -0.493 e. The molecule has 0 saturated carbocycles. The predicted molar refractivity (Wildman–Crippen MR) is 151 cm³/mol. The molecule has 4 atom stereocenters. The number of rotatable bonds is 10. The number of aliphatic hydroxyl groups excluding tert-OH is 3. The molecule has 0 bridgehead atoms. The molecule has 220 valence electrons. The van der Waals surface area contributed by atoms with Gasteiger partial charge < -0.3 is 35.0 Å². The quantitative estimate of drug-likeness (QED) is 0.291. The number of ether oxygens (including phenoxy) is 2. The molecule has 0 fully saturated rings. The predicted octanol–water partition coefficient (Wildman–Crippen LogP) is 2.22. The molecule has 42 heavy (non-hydrogen) atoms. The van der Waals surface area contributed by atoms with Gasteiger partial charge in [-0.2, -0.15) is 0 Å². The van der Waals surface area contributed by atoms with Crippen molar-refractivity contribution in [2.75, 3.05) is 20.3 Å². The van der Waals surface area contributed by atoms with E-state index in [-0.39, 0.29) is 49.8 Å². The topological polar surface area (TPSA) is 129 Å². The van der Waals surface area contributed by atoms with E-state index in [2.05, 4.69) is 5.32 Å². The standard InChI is InChI=1S/C32H33FN2O7/c1-41-26-14-20(18-37)13-22-28-23(32(40)34-11-12-36)16-25(29(39)31(28)42-30(22)26)35(17-21-9-5-6-10-24(21)33)27(38)15-19-7-3-2-4-8-19/h2-10,13-14,16,25,28-29,31,36-37,39H,11-12,15,17-18H2,1H3,(H,34,40). The summed E-state index contributed by atoms with van der Waals surface area (Å²) in [6.07, 6.45) is -0.800. The highest BCUT2D eigenvalue weighted by Gasteiger charge is 2.51. The Balaban J connectivity index is 1.60. The SMILES string of the molecule is COc1cc(CO)cc2c1OC1C2C(C(=O)NCCO)=CC(N(Cc2ccccc2F)C(=O)Cc2ccccc2)C1O. The summed E-state index contributed by atoms with van der Waals surface area (Å²) in [5.41, 5.74) is 2.27. The van der Waals surface area contributed by atoms with Gasteiger partial charge in [0.25, 0.3) is 0 Å². The van der Waals surface area contributed by atoms with Gasteiger partial charge in [-0.05, 0) is 35.4 Å². The molecule has 10 heteroatoms. The van der Waals surface area contributed by atoms with E-state index in [9.17, 15) is 29.3 Å². The molecule has 0 spiro atoms. The average molecular weight is 577 g/mol. The number of benzene rings is 3. The largest absolute Gasteiger partial charge is 0.493 e. The molecular formula is C32H33FN2O7. The van der Waals surface area contributed by atoms with Crippen LogP contribution in [0.2, 0.25) is 0 Å². The molecule has 0 saturated heterocycles. The van der Waals surface area contributed by atoms with Gasteiger partial charge >= 0.3 is 0 Å². The molecule has 4 N–H and O–H groups in total. The monoisotopic (exact) mass is 576 g/mol. The van der Waals surface area contributed by atoms with E-state index in [1.165, 1.54) is 24.2 Å². The Kier molecular flexibility index (Phi) is 8.86. The lowest BCUT2D eigenvalue weighted by molar-refractivity contribution is -0.137. The number of fused-ring (bicyclic) bond motifs is 3. The molecule has 9 nitrogen and oxygen atoms in total. The van der Waals surface area contributed by atoms with Gasteiger partial charge in [-0.1, -0.05) is 48.5 Å². The number of nitrogens with one attached hydrogen (secondary N) is 1. The van der Waals surface area contributed by atoms with Gasteiger partial charge in [0.2, 0.25) is 11.8 Å². The third kappa shape index (κ3) is 5.74. The van der Waals surface area contributed by atoms with Gasteiger partial charge in [-0.3, -0.25) is 9.59 Å². The van der Waals surface area contributed by atoms with Crippen LogP contribution < -0.4 is 14.8 Å². The molecule has 3 aromatic rings. The van der Waals surface area contributed by atoms with Crippen LogP contribution in [0.25, 0.3) is 0 Å². The van der Waals surface area contributed by atoms with Crippen LogP contribution in [-0.4, -0.2) is 70.5 Å². The molecule has 2 aliphatic rings. The van der Waals surface area contributed by atoms with Gasteiger partial charge in [0.1, 0.15) is 18.0 Å². The maximum atomic E-state index is 14.8. The minimum absolute atomic E-state index is 0.0126. The highest BCUT2D eigenvalue weighted by molar-refractivity contribution is 5.96. The summed E-state index contributed by atoms with van der Waals surface area (Å²) in [6, 6.07) is 17.4. The maximum Gasteiger partial charge on any atom is 0.247 e. The van der Waals surface area contributed by atoms with Crippen LogP contribution in [0.4, 0.5) is 4.39 Å². The average Bonchev–Trinajstić information content (AvgIpc) is 3.40. The normalized spacial score (nSPS) is 20.5.